The van der Waals surface area contributed by atoms with Gasteiger partial charge in [0.15, 0.2) is 0 Å². The Morgan fingerprint density at radius 2 is 1.81 bits per heavy atom. The topological polar surface area (TPSA) is 48.6 Å². The quantitative estimate of drug-likeness (QED) is 0.749. The van der Waals surface area contributed by atoms with E-state index in [9.17, 15) is 4.79 Å². The zero-order valence-corrected chi connectivity index (χ0v) is 15.8. The molecule has 5 nitrogen and oxygen atoms in total. The van der Waals surface area contributed by atoms with Crippen LogP contribution in [0.25, 0.3) is 22.3 Å². The first-order chi connectivity index (χ1) is 13.2. The summed E-state index contributed by atoms with van der Waals surface area (Å²) < 4.78 is 7.29. The molecule has 1 aliphatic rings. The van der Waals surface area contributed by atoms with Gasteiger partial charge in [0, 0.05) is 18.5 Å². The molecule has 0 saturated carbocycles. The van der Waals surface area contributed by atoms with Crippen LogP contribution < -0.4 is 10.5 Å². The van der Waals surface area contributed by atoms with Crippen molar-refractivity contribution < 1.29 is 9.64 Å². The summed E-state index contributed by atoms with van der Waals surface area (Å²) in [6.45, 7) is 7.57. The number of morpholine rings is 1. The molecule has 2 heterocycles. The van der Waals surface area contributed by atoms with E-state index in [1.54, 1.807) is 4.90 Å². The Hall–Kier alpha value is -2.50. The minimum absolute atomic E-state index is 0.0492. The predicted molar refractivity (Wildman–Crippen MR) is 107 cm³/mol. The minimum Gasteiger partial charge on any atom is -0.370 e. The number of nitrogens with one attached hydrogen (secondary N) is 1. The highest BCUT2D eigenvalue weighted by atomic mass is 16.5. The standard InChI is InChI=1S/C22H25N3O2/c1-17-7-9-18(10-8-17)21-23-20-6-3-2-5-19(20)22(26)25(21)12-4-11-24-13-15-27-16-14-24/h2-3,5-10H,4,11-16H2,1H3/p+1. The first kappa shape index (κ1) is 17.9. The van der Waals surface area contributed by atoms with Crippen molar-refractivity contribution in [3.05, 3.63) is 64.4 Å². The van der Waals surface area contributed by atoms with Gasteiger partial charge in [0.25, 0.3) is 5.56 Å². The van der Waals surface area contributed by atoms with Crippen LogP contribution in [0.15, 0.2) is 53.3 Å². The van der Waals surface area contributed by atoms with Crippen LogP contribution in [-0.2, 0) is 11.3 Å². The fraction of sp³-hybridized carbons (Fsp3) is 0.364. The van der Waals surface area contributed by atoms with Crippen LogP contribution >= 0.6 is 0 Å². The molecule has 0 atom stereocenters. The summed E-state index contributed by atoms with van der Waals surface area (Å²) in [5, 5.41) is 0.687. The van der Waals surface area contributed by atoms with Gasteiger partial charge >= 0.3 is 0 Å². The van der Waals surface area contributed by atoms with Crippen molar-refractivity contribution in [2.45, 2.75) is 19.9 Å². The maximum absolute atomic E-state index is 13.2. The third-order valence-corrected chi connectivity index (χ3v) is 5.28. The lowest BCUT2D eigenvalue weighted by atomic mass is 10.1. The zero-order valence-electron chi connectivity index (χ0n) is 15.8. The van der Waals surface area contributed by atoms with Gasteiger partial charge in [-0.25, -0.2) is 4.98 Å². The van der Waals surface area contributed by atoms with E-state index >= 15 is 0 Å². The molecule has 2 aromatic carbocycles. The van der Waals surface area contributed by atoms with Crippen molar-refractivity contribution >= 4 is 10.9 Å². The van der Waals surface area contributed by atoms with Gasteiger partial charge in [-0.3, -0.25) is 9.36 Å². The fourth-order valence-corrected chi connectivity index (χ4v) is 3.70. The van der Waals surface area contributed by atoms with Crippen molar-refractivity contribution in [2.24, 2.45) is 0 Å². The summed E-state index contributed by atoms with van der Waals surface area (Å²) in [6, 6.07) is 15.9. The van der Waals surface area contributed by atoms with Gasteiger partial charge in [0.1, 0.15) is 18.9 Å². The summed E-state index contributed by atoms with van der Waals surface area (Å²) in [4.78, 5) is 19.6. The van der Waals surface area contributed by atoms with Crippen LogP contribution in [0, 0.1) is 6.92 Å². The molecule has 27 heavy (non-hydrogen) atoms. The fourth-order valence-electron chi connectivity index (χ4n) is 3.70. The molecule has 0 radical (unpaired) electrons. The van der Waals surface area contributed by atoms with Gasteiger partial charge in [-0.1, -0.05) is 42.0 Å². The van der Waals surface area contributed by atoms with Crippen molar-refractivity contribution in [3.8, 4) is 11.4 Å². The van der Waals surface area contributed by atoms with Crippen LogP contribution in [0.2, 0.25) is 0 Å². The smallest absolute Gasteiger partial charge is 0.261 e. The van der Waals surface area contributed by atoms with E-state index in [0.29, 0.717) is 11.9 Å². The summed E-state index contributed by atoms with van der Waals surface area (Å²) in [7, 11) is 0. The Morgan fingerprint density at radius 1 is 1.07 bits per heavy atom. The highest BCUT2D eigenvalue weighted by Crippen LogP contribution is 2.19. The normalized spacial score (nSPS) is 15.3. The number of quaternary nitrogens is 1. The number of hydrogen-bond donors (Lipinski definition) is 1. The first-order valence-corrected chi connectivity index (χ1v) is 9.70. The molecule has 3 aromatic rings. The second kappa shape index (κ2) is 8.03. The Morgan fingerprint density at radius 3 is 2.59 bits per heavy atom. The number of benzene rings is 2. The number of rotatable bonds is 5. The lowest BCUT2D eigenvalue weighted by molar-refractivity contribution is -0.908. The predicted octanol–water partition coefficient (Wildman–Crippen LogP) is 1.68. The molecular formula is C22H26N3O2+. The average molecular weight is 364 g/mol. The molecule has 0 unspecified atom stereocenters. The van der Waals surface area contributed by atoms with E-state index in [-0.39, 0.29) is 5.56 Å². The summed E-state index contributed by atoms with van der Waals surface area (Å²) in [5.74, 6) is 0.760. The van der Waals surface area contributed by atoms with Gasteiger partial charge in [-0.05, 0) is 19.1 Å². The van der Waals surface area contributed by atoms with Crippen LogP contribution in [0.1, 0.15) is 12.0 Å². The highest BCUT2D eigenvalue weighted by Gasteiger charge is 2.16. The molecule has 0 amide bonds. The van der Waals surface area contributed by atoms with Gasteiger partial charge in [-0.15, -0.1) is 0 Å². The number of para-hydroxylation sites is 1. The molecule has 1 aromatic heterocycles. The number of aryl methyl sites for hydroxylation is 1. The van der Waals surface area contributed by atoms with E-state index < -0.39 is 0 Å². The summed E-state index contributed by atoms with van der Waals surface area (Å²) >= 11 is 0. The van der Waals surface area contributed by atoms with Crippen LogP contribution in [-0.4, -0.2) is 42.4 Å². The molecule has 0 aliphatic carbocycles. The van der Waals surface area contributed by atoms with E-state index in [1.165, 1.54) is 5.56 Å². The maximum Gasteiger partial charge on any atom is 0.261 e. The lowest BCUT2D eigenvalue weighted by Gasteiger charge is -2.24. The summed E-state index contributed by atoms with van der Waals surface area (Å²) in [6.07, 6.45) is 0.953. The number of ether oxygens (including phenoxy) is 1. The number of aromatic nitrogens is 2. The highest BCUT2D eigenvalue weighted by molar-refractivity contribution is 5.79. The first-order valence-electron chi connectivity index (χ1n) is 9.70. The monoisotopic (exact) mass is 364 g/mol. The molecule has 1 saturated heterocycles. The SMILES string of the molecule is Cc1ccc(-c2nc3ccccc3c(=O)n2CCC[NH+]2CCOCC2)cc1. The number of fused-ring (bicyclic) bond motifs is 1. The Kier molecular flexibility index (Phi) is 5.32. The largest absolute Gasteiger partial charge is 0.370 e. The van der Waals surface area contributed by atoms with Crippen molar-refractivity contribution in [2.75, 3.05) is 32.8 Å². The van der Waals surface area contributed by atoms with Crippen LogP contribution in [0.5, 0.6) is 0 Å². The molecule has 1 N–H and O–H groups in total. The average Bonchev–Trinajstić information content (AvgIpc) is 2.71. The third-order valence-electron chi connectivity index (χ3n) is 5.28. The lowest BCUT2D eigenvalue weighted by Crippen LogP contribution is -3.14. The van der Waals surface area contributed by atoms with Gasteiger partial charge < -0.3 is 9.64 Å². The zero-order chi connectivity index (χ0) is 18.6. The molecule has 140 valence electrons. The molecule has 0 spiro atoms. The Labute approximate surface area is 159 Å². The Bertz CT molecular complexity index is 973. The van der Waals surface area contributed by atoms with E-state index in [1.807, 2.05) is 28.8 Å². The van der Waals surface area contributed by atoms with Crippen LogP contribution in [0.3, 0.4) is 0 Å². The molecule has 5 heteroatoms. The Balaban J connectivity index is 1.67. The van der Waals surface area contributed by atoms with E-state index in [4.69, 9.17) is 9.72 Å². The van der Waals surface area contributed by atoms with E-state index in [2.05, 4.69) is 31.2 Å². The molecule has 0 bridgehead atoms. The van der Waals surface area contributed by atoms with Crippen molar-refractivity contribution in [1.82, 2.24) is 9.55 Å². The second-order valence-electron chi connectivity index (χ2n) is 7.24. The molecule has 1 aliphatic heterocycles. The van der Waals surface area contributed by atoms with Gasteiger partial charge in [0.2, 0.25) is 0 Å². The van der Waals surface area contributed by atoms with Gasteiger partial charge in [0.05, 0.1) is 30.7 Å². The molecular weight excluding hydrogens is 338 g/mol. The third kappa shape index (κ3) is 3.94. The minimum atomic E-state index is 0.0492. The summed E-state index contributed by atoms with van der Waals surface area (Å²) in [5.41, 5.74) is 2.99. The maximum atomic E-state index is 13.2. The van der Waals surface area contributed by atoms with E-state index in [0.717, 1.165) is 56.2 Å². The second-order valence-corrected chi connectivity index (χ2v) is 7.24. The number of nitrogens with zero attached hydrogens (tertiary/aromatic N) is 2. The molecule has 1 fully saturated rings. The van der Waals surface area contributed by atoms with Gasteiger partial charge in [-0.2, -0.15) is 0 Å². The van der Waals surface area contributed by atoms with Crippen LogP contribution in [0.4, 0.5) is 0 Å². The van der Waals surface area contributed by atoms with Crippen molar-refractivity contribution in [3.63, 3.8) is 0 Å². The molecule has 4 rings (SSSR count). The number of hydrogen-bond acceptors (Lipinski definition) is 3. The van der Waals surface area contributed by atoms with Crippen molar-refractivity contribution in [1.29, 1.82) is 0 Å².